The number of benzene rings is 1. The normalized spacial score (nSPS) is 25.9. The van der Waals surface area contributed by atoms with Gasteiger partial charge in [0.15, 0.2) is 6.23 Å². The molecule has 1 aliphatic heterocycles. The van der Waals surface area contributed by atoms with E-state index < -0.39 is 10.8 Å². The van der Waals surface area contributed by atoms with Crippen molar-refractivity contribution in [1.82, 2.24) is 0 Å². The maximum Gasteiger partial charge on any atom is 0.156 e. The highest BCUT2D eigenvalue weighted by Gasteiger charge is 2.42. The summed E-state index contributed by atoms with van der Waals surface area (Å²) in [5.41, 5.74) is 0.0747. The fourth-order valence-electron chi connectivity index (χ4n) is 2.31. The third-order valence-electron chi connectivity index (χ3n) is 3.66. The molecule has 4 nitrogen and oxygen atoms in total. The zero-order valence-electron chi connectivity index (χ0n) is 15.0. The number of nitrogens with zero attached hydrogens (tertiary/aromatic N) is 1. The molecule has 1 heterocycles. The van der Waals surface area contributed by atoms with Crippen LogP contribution in [0.25, 0.3) is 0 Å². The molecule has 3 atom stereocenters. The Kier molecular flexibility index (Phi) is 5.02. The van der Waals surface area contributed by atoms with Gasteiger partial charge in [0.25, 0.3) is 0 Å². The van der Waals surface area contributed by atoms with E-state index in [2.05, 4.69) is 25.8 Å². The fraction of sp³-hybridized carbons (Fsp3) is 0.611. The van der Waals surface area contributed by atoms with E-state index in [1.165, 1.54) is 0 Å². The van der Waals surface area contributed by atoms with Crippen molar-refractivity contribution in [3.8, 4) is 5.75 Å². The summed E-state index contributed by atoms with van der Waals surface area (Å²) in [6, 6.07) is 7.53. The Bertz CT molecular complexity index is 609. The first kappa shape index (κ1) is 18.1. The number of rotatable bonds is 2. The Hall–Kier alpha value is -1.20. The van der Waals surface area contributed by atoms with Crippen LogP contribution in [0.15, 0.2) is 29.3 Å². The lowest BCUT2D eigenvalue weighted by Gasteiger charge is -2.40. The summed E-state index contributed by atoms with van der Waals surface area (Å²) in [6.45, 7) is 12.4. The predicted octanol–water partition coefficient (Wildman–Crippen LogP) is 3.97. The van der Waals surface area contributed by atoms with E-state index in [-0.39, 0.29) is 22.5 Å². The highest BCUT2D eigenvalue weighted by Crippen LogP contribution is 2.36. The van der Waals surface area contributed by atoms with Gasteiger partial charge in [-0.15, -0.1) is 0 Å². The number of hydrogen-bond donors (Lipinski definition) is 0. The Morgan fingerprint density at radius 1 is 1.04 bits per heavy atom. The van der Waals surface area contributed by atoms with Crippen molar-refractivity contribution in [3.05, 3.63) is 29.8 Å². The summed E-state index contributed by atoms with van der Waals surface area (Å²) in [4.78, 5) is 4.68. The van der Waals surface area contributed by atoms with Gasteiger partial charge in [-0.2, -0.15) is 0 Å². The van der Waals surface area contributed by atoms with Crippen molar-refractivity contribution in [1.29, 1.82) is 0 Å². The van der Waals surface area contributed by atoms with Gasteiger partial charge < -0.3 is 9.47 Å². The van der Waals surface area contributed by atoms with Crippen molar-refractivity contribution < 1.29 is 13.7 Å². The van der Waals surface area contributed by atoms with Crippen LogP contribution in [0.5, 0.6) is 5.75 Å². The van der Waals surface area contributed by atoms with Crippen LogP contribution in [0.4, 0.5) is 0 Å². The zero-order chi connectivity index (χ0) is 17.4. The van der Waals surface area contributed by atoms with Crippen LogP contribution in [-0.2, 0) is 15.5 Å². The van der Waals surface area contributed by atoms with Crippen LogP contribution in [0.3, 0.4) is 0 Å². The second-order valence-corrected chi connectivity index (χ2v) is 9.42. The molecular formula is C18H27NO3S. The van der Waals surface area contributed by atoms with Gasteiger partial charge in [0.05, 0.1) is 7.11 Å². The molecule has 0 spiro atoms. The summed E-state index contributed by atoms with van der Waals surface area (Å²) in [5, 5.41) is 0.610. The van der Waals surface area contributed by atoms with Crippen molar-refractivity contribution in [2.45, 2.75) is 53.2 Å². The zero-order valence-corrected chi connectivity index (χ0v) is 15.9. The van der Waals surface area contributed by atoms with Gasteiger partial charge >= 0.3 is 0 Å². The summed E-state index contributed by atoms with van der Waals surface area (Å²) in [7, 11) is 0.316. The first-order valence-electron chi connectivity index (χ1n) is 7.82. The van der Waals surface area contributed by atoms with Crippen LogP contribution >= 0.6 is 0 Å². The van der Waals surface area contributed by atoms with Gasteiger partial charge in [-0.05, 0) is 24.3 Å². The molecule has 0 saturated heterocycles. The number of aliphatic imine (C=N–C) groups is 1. The molecule has 5 heteroatoms. The predicted molar refractivity (Wildman–Crippen MR) is 95.2 cm³/mol. The third-order valence-corrected chi connectivity index (χ3v) is 5.59. The number of ether oxygens (including phenoxy) is 2. The maximum absolute atomic E-state index is 13.0. The molecule has 2 rings (SSSR count). The Balaban J connectivity index is 2.48. The molecule has 1 aromatic carbocycles. The van der Waals surface area contributed by atoms with E-state index in [1.54, 1.807) is 7.11 Å². The average Bonchev–Trinajstić information content (AvgIpc) is 2.45. The van der Waals surface area contributed by atoms with Crippen LogP contribution in [-0.4, -0.2) is 28.0 Å². The molecule has 0 aromatic heterocycles. The monoisotopic (exact) mass is 337 g/mol. The average molecular weight is 337 g/mol. The molecule has 23 heavy (non-hydrogen) atoms. The minimum Gasteiger partial charge on any atom is -0.497 e. The van der Waals surface area contributed by atoms with E-state index in [1.807, 2.05) is 45.0 Å². The molecular weight excluding hydrogens is 310 g/mol. The van der Waals surface area contributed by atoms with Crippen molar-refractivity contribution in [3.63, 3.8) is 0 Å². The van der Waals surface area contributed by atoms with Gasteiger partial charge in [-0.25, -0.2) is 9.20 Å². The molecule has 128 valence electrons. The van der Waals surface area contributed by atoms with Gasteiger partial charge in [-0.3, -0.25) is 0 Å². The second kappa shape index (κ2) is 6.36. The highest BCUT2D eigenvalue weighted by molar-refractivity contribution is 8.01. The Morgan fingerprint density at radius 2 is 1.61 bits per heavy atom. The first-order valence-corrected chi connectivity index (χ1v) is 9.03. The largest absolute Gasteiger partial charge is 0.497 e. The molecule has 0 fully saturated rings. The van der Waals surface area contributed by atoms with Gasteiger partial charge in [0.2, 0.25) is 0 Å². The fourth-order valence-corrected chi connectivity index (χ4v) is 3.92. The van der Waals surface area contributed by atoms with Crippen molar-refractivity contribution in [2.75, 3.05) is 7.11 Å². The van der Waals surface area contributed by atoms with Crippen LogP contribution < -0.4 is 4.74 Å². The highest BCUT2D eigenvalue weighted by atomic mass is 32.2. The van der Waals surface area contributed by atoms with E-state index in [0.717, 1.165) is 11.3 Å². The van der Waals surface area contributed by atoms with Gasteiger partial charge in [0, 0.05) is 16.4 Å². The molecule has 0 radical (unpaired) electrons. The summed E-state index contributed by atoms with van der Waals surface area (Å²) in [5.74, 6) is 0.770. The quantitative estimate of drug-likeness (QED) is 0.820. The molecule has 0 aliphatic carbocycles. The van der Waals surface area contributed by atoms with Crippen LogP contribution in [0, 0.1) is 10.8 Å². The lowest BCUT2D eigenvalue weighted by atomic mass is 9.93. The van der Waals surface area contributed by atoms with Crippen molar-refractivity contribution in [2.24, 2.45) is 15.8 Å². The van der Waals surface area contributed by atoms with Crippen LogP contribution in [0.1, 0.15) is 47.1 Å². The van der Waals surface area contributed by atoms with E-state index in [9.17, 15) is 4.21 Å². The first-order chi connectivity index (χ1) is 10.5. The van der Waals surface area contributed by atoms with Gasteiger partial charge in [-0.1, -0.05) is 41.5 Å². The lowest BCUT2D eigenvalue weighted by molar-refractivity contribution is -0.0640. The molecule has 0 saturated carbocycles. The van der Waals surface area contributed by atoms with E-state index >= 15 is 0 Å². The topological polar surface area (TPSA) is 47.9 Å². The SMILES string of the molecule is COc1ccc(C2=NC(C(C)(C)C)OC(C(C)(C)C)S2=O)cc1. The minimum absolute atomic E-state index is 0.161. The standard InChI is InChI=1S/C18H27NO3S/c1-17(2,3)15-19-14(12-8-10-13(21-7)11-9-12)23(20)16(22-15)18(4,5)6/h8-11,15-16H,1-7H3. The summed E-state index contributed by atoms with van der Waals surface area (Å²) in [6.07, 6.45) is -0.318. The second-order valence-electron chi connectivity index (χ2n) is 8.01. The Labute approximate surface area is 141 Å². The van der Waals surface area contributed by atoms with E-state index in [0.29, 0.717) is 5.04 Å². The minimum atomic E-state index is -1.31. The van der Waals surface area contributed by atoms with Crippen LogP contribution in [0.2, 0.25) is 0 Å². The smallest absolute Gasteiger partial charge is 0.156 e. The molecule has 1 aromatic rings. The molecule has 0 amide bonds. The molecule has 1 aliphatic rings. The number of methoxy groups -OCH3 is 1. The Morgan fingerprint density at radius 3 is 2.04 bits per heavy atom. The molecule has 0 bridgehead atoms. The van der Waals surface area contributed by atoms with Crippen molar-refractivity contribution >= 4 is 15.8 Å². The number of hydrogen-bond acceptors (Lipinski definition) is 4. The molecule has 0 N–H and O–H groups in total. The maximum atomic E-state index is 13.0. The summed E-state index contributed by atoms with van der Waals surface area (Å²) < 4.78 is 24.3. The van der Waals surface area contributed by atoms with Gasteiger partial charge in [0.1, 0.15) is 27.0 Å². The summed E-state index contributed by atoms with van der Waals surface area (Å²) >= 11 is 0. The third kappa shape index (κ3) is 4.01. The van der Waals surface area contributed by atoms with E-state index in [4.69, 9.17) is 9.47 Å². The molecule has 3 unspecified atom stereocenters. The lowest BCUT2D eigenvalue weighted by Crippen LogP contribution is -2.46.